The molecule has 1 saturated heterocycles. The number of hydrogen-bond donors (Lipinski definition) is 0. The molecule has 1 fully saturated rings. The van der Waals surface area contributed by atoms with E-state index in [1.165, 1.54) is 0 Å². The minimum Gasteiger partial charge on any atom is -0.481 e. The van der Waals surface area contributed by atoms with E-state index in [0.717, 1.165) is 29.0 Å². The number of rotatable bonds is 5. The van der Waals surface area contributed by atoms with Crippen molar-refractivity contribution in [3.8, 4) is 17.1 Å². The molecule has 1 aliphatic rings. The van der Waals surface area contributed by atoms with Crippen LogP contribution in [0, 0.1) is 0 Å². The topological polar surface area (TPSA) is 69.0 Å². The van der Waals surface area contributed by atoms with E-state index in [9.17, 15) is 4.79 Å². The maximum atomic E-state index is 12.3. The largest absolute Gasteiger partial charge is 0.481 e. The Morgan fingerprint density at radius 1 is 1.32 bits per heavy atom. The predicted octanol–water partition coefficient (Wildman–Crippen LogP) is 3.10. The summed E-state index contributed by atoms with van der Waals surface area (Å²) in [6, 6.07) is 9.79. The van der Waals surface area contributed by atoms with Crippen LogP contribution in [0.25, 0.3) is 16.9 Å². The van der Waals surface area contributed by atoms with E-state index >= 15 is 0 Å². The number of ether oxygens (including phenoxy) is 2. The lowest BCUT2D eigenvalue weighted by atomic mass is 10.2. The molecule has 7 heteroatoms. The Bertz CT molecular complexity index is 967. The summed E-state index contributed by atoms with van der Waals surface area (Å²) in [7, 11) is 1.60. The van der Waals surface area contributed by atoms with Crippen LogP contribution in [0.2, 0.25) is 0 Å². The highest BCUT2D eigenvalue weighted by molar-refractivity contribution is 5.76. The molecule has 1 atom stereocenters. The minimum atomic E-state index is -0.212. The molecule has 0 bridgehead atoms. The highest BCUT2D eigenvalue weighted by Crippen LogP contribution is 2.26. The van der Waals surface area contributed by atoms with Crippen molar-refractivity contribution in [3.05, 3.63) is 48.4 Å². The van der Waals surface area contributed by atoms with Gasteiger partial charge in [-0.15, -0.1) is 0 Å². The van der Waals surface area contributed by atoms with Gasteiger partial charge < -0.3 is 14.4 Å². The number of fused-ring (bicyclic) bond motifs is 1. The zero-order chi connectivity index (χ0) is 19.5. The van der Waals surface area contributed by atoms with Crippen LogP contribution in [0.4, 0.5) is 0 Å². The van der Waals surface area contributed by atoms with Gasteiger partial charge in [0.1, 0.15) is 11.8 Å². The highest BCUT2D eigenvalue weighted by Gasteiger charge is 2.27. The second-order valence-electron chi connectivity index (χ2n) is 6.84. The first-order valence-corrected chi connectivity index (χ1v) is 9.57. The number of nitrogens with zero attached hydrogens (tertiary/aromatic N) is 4. The van der Waals surface area contributed by atoms with Gasteiger partial charge in [-0.05, 0) is 24.6 Å². The van der Waals surface area contributed by atoms with Gasteiger partial charge in [0.15, 0.2) is 0 Å². The number of aromatic nitrogens is 3. The van der Waals surface area contributed by atoms with Gasteiger partial charge in [0.05, 0.1) is 31.6 Å². The van der Waals surface area contributed by atoms with Crippen molar-refractivity contribution >= 4 is 11.6 Å². The Morgan fingerprint density at radius 2 is 2.21 bits per heavy atom. The standard InChI is InChI=1S/C21H24N4O3/c1-3-5-21(26)24-10-11-28-18(14-24)16-13-25-17(6-4-7-19(25)23-16)15-8-9-20(27-2)22-12-15/h4,6-9,12-13,18H,3,5,10-11,14H2,1-2H3. The van der Waals surface area contributed by atoms with Crippen LogP contribution in [0.3, 0.4) is 0 Å². The van der Waals surface area contributed by atoms with Gasteiger partial charge in [-0.3, -0.25) is 9.20 Å². The fourth-order valence-corrected chi connectivity index (χ4v) is 3.50. The normalized spacial score (nSPS) is 17.1. The maximum Gasteiger partial charge on any atom is 0.222 e. The van der Waals surface area contributed by atoms with E-state index in [1.807, 2.05) is 52.8 Å². The van der Waals surface area contributed by atoms with Gasteiger partial charge in [0.2, 0.25) is 11.8 Å². The van der Waals surface area contributed by atoms with Gasteiger partial charge in [-0.25, -0.2) is 9.97 Å². The van der Waals surface area contributed by atoms with E-state index < -0.39 is 0 Å². The smallest absolute Gasteiger partial charge is 0.222 e. The lowest BCUT2D eigenvalue weighted by Gasteiger charge is -2.32. The molecule has 4 rings (SSSR count). The molecule has 28 heavy (non-hydrogen) atoms. The first kappa shape index (κ1) is 18.4. The molecule has 1 unspecified atom stereocenters. The van der Waals surface area contributed by atoms with Crippen LogP contribution in [0.15, 0.2) is 42.7 Å². The van der Waals surface area contributed by atoms with Crippen LogP contribution in [0.5, 0.6) is 5.88 Å². The lowest BCUT2D eigenvalue weighted by molar-refractivity contribution is -0.139. The van der Waals surface area contributed by atoms with Gasteiger partial charge in [-0.1, -0.05) is 13.0 Å². The molecule has 0 radical (unpaired) electrons. The minimum absolute atomic E-state index is 0.185. The predicted molar refractivity (Wildman–Crippen MR) is 105 cm³/mol. The quantitative estimate of drug-likeness (QED) is 0.680. The summed E-state index contributed by atoms with van der Waals surface area (Å²) in [6.07, 6.45) is 5.00. The molecule has 0 saturated carbocycles. The van der Waals surface area contributed by atoms with Crippen LogP contribution < -0.4 is 4.74 Å². The molecule has 4 heterocycles. The molecule has 7 nitrogen and oxygen atoms in total. The first-order valence-electron chi connectivity index (χ1n) is 9.57. The van der Waals surface area contributed by atoms with E-state index in [2.05, 4.69) is 4.98 Å². The summed E-state index contributed by atoms with van der Waals surface area (Å²) in [5.74, 6) is 0.763. The molecule has 3 aromatic rings. The van der Waals surface area contributed by atoms with E-state index in [4.69, 9.17) is 14.5 Å². The van der Waals surface area contributed by atoms with Gasteiger partial charge in [0, 0.05) is 37.0 Å². The first-order chi connectivity index (χ1) is 13.7. The number of pyridine rings is 2. The van der Waals surface area contributed by atoms with E-state index in [-0.39, 0.29) is 12.0 Å². The van der Waals surface area contributed by atoms with Gasteiger partial charge in [-0.2, -0.15) is 0 Å². The number of carbonyl (C=O) groups excluding carboxylic acids is 1. The monoisotopic (exact) mass is 380 g/mol. The van der Waals surface area contributed by atoms with E-state index in [1.54, 1.807) is 13.3 Å². The summed E-state index contributed by atoms with van der Waals surface area (Å²) in [5.41, 5.74) is 3.63. The third kappa shape index (κ3) is 3.57. The number of carbonyl (C=O) groups is 1. The van der Waals surface area contributed by atoms with E-state index in [0.29, 0.717) is 32.0 Å². The molecule has 1 amide bonds. The zero-order valence-electron chi connectivity index (χ0n) is 16.2. The number of morpholine rings is 1. The molecule has 0 aromatic carbocycles. The van der Waals surface area contributed by atoms with Crippen LogP contribution in [0.1, 0.15) is 31.6 Å². The van der Waals surface area contributed by atoms with Crippen molar-refractivity contribution in [2.45, 2.75) is 25.9 Å². The van der Waals surface area contributed by atoms with Crippen LogP contribution in [-0.4, -0.2) is 52.0 Å². The Morgan fingerprint density at radius 3 is 2.96 bits per heavy atom. The summed E-state index contributed by atoms with van der Waals surface area (Å²) < 4.78 is 13.1. The van der Waals surface area contributed by atoms with Crippen molar-refractivity contribution in [2.24, 2.45) is 0 Å². The lowest BCUT2D eigenvalue weighted by Crippen LogP contribution is -2.42. The van der Waals surface area contributed by atoms with Crippen LogP contribution in [-0.2, 0) is 9.53 Å². The Balaban J connectivity index is 1.63. The number of amides is 1. The summed E-state index contributed by atoms with van der Waals surface area (Å²) in [6.45, 7) is 3.74. The number of hydrogen-bond acceptors (Lipinski definition) is 5. The average Bonchev–Trinajstić information content (AvgIpc) is 3.18. The Labute approximate surface area is 163 Å². The SMILES string of the molecule is CCCC(=O)N1CCOC(c2cn3c(-c4ccc(OC)nc4)cccc3n2)C1. The Kier molecular flexibility index (Phi) is 5.25. The molecule has 3 aromatic heterocycles. The molecule has 146 valence electrons. The maximum absolute atomic E-state index is 12.3. The van der Waals surface area contributed by atoms with Crippen molar-refractivity contribution in [1.82, 2.24) is 19.3 Å². The molecule has 0 aliphatic carbocycles. The average molecular weight is 380 g/mol. The second kappa shape index (κ2) is 7.98. The molecule has 0 spiro atoms. The third-order valence-electron chi connectivity index (χ3n) is 4.96. The van der Waals surface area contributed by atoms with Gasteiger partial charge >= 0.3 is 0 Å². The molecule has 1 aliphatic heterocycles. The summed E-state index contributed by atoms with van der Waals surface area (Å²) >= 11 is 0. The summed E-state index contributed by atoms with van der Waals surface area (Å²) in [4.78, 5) is 23.2. The van der Waals surface area contributed by atoms with Gasteiger partial charge in [0.25, 0.3) is 0 Å². The van der Waals surface area contributed by atoms with Crippen molar-refractivity contribution in [1.29, 1.82) is 0 Å². The van der Waals surface area contributed by atoms with Crippen LogP contribution >= 0.6 is 0 Å². The van der Waals surface area contributed by atoms with Crippen molar-refractivity contribution in [2.75, 3.05) is 26.8 Å². The fourth-order valence-electron chi connectivity index (χ4n) is 3.50. The fraction of sp³-hybridized carbons (Fsp3) is 0.381. The zero-order valence-corrected chi connectivity index (χ0v) is 16.2. The Hall–Kier alpha value is -2.93. The third-order valence-corrected chi connectivity index (χ3v) is 4.96. The van der Waals surface area contributed by atoms with Crippen molar-refractivity contribution < 1.29 is 14.3 Å². The highest BCUT2D eigenvalue weighted by atomic mass is 16.5. The number of imidazole rings is 1. The number of methoxy groups -OCH3 is 1. The molecule has 0 N–H and O–H groups in total. The molecular formula is C21H24N4O3. The second-order valence-corrected chi connectivity index (χ2v) is 6.84. The van der Waals surface area contributed by atoms with Crippen molar-refractivity contribution in [3.63, 3.8) is 0 Å². The summed E-state index contributed by atoms with van der Waals surface area (Å²) in [5, 5.41) is 0. The molecular weight excluding hydrogens is 356 g/mol.